The molecule has 3 aromatic carbocycles. The summed E-state index contributed by atoms with van der Waals surface area (Å²) in [5.74, 6) is 2.57. The van der Waals surface area contributed by atoms with Crippen LogP contribution in [0.15, 0.2) is 60.7 Å². The number of epoxide rings is 2. The first-order valence-corrected chi connectivity index (χ1v) is 15.0. The summed E-state index contributed by atoms with van der Waals surface area (Å²) in [6.45, 7) is 20.0. The first kappa shape index (κ1) is 32.5. The zero-order valence-electron chi connectivity index (χ0n) is 26.1. The second-order valence-electron chi connectivity index (χ2n) is 9.90. The van der Waals surface area contributed by atoms with E-state index in [0.717, 1.165) is 41.6 Å². The van der Waals surface area contributed by atoms with E-state index in [4.69, 9.17) is 28.4 Å². The van der Waals surface area contributed by atoms with Gasteiger partial charge in [-0.1, -0.05) is 64.1 Å². The molecular weight excluding hydrogens is 516 g/mol. The van der Waals surface area contributed by atoms with E-state index in [1.165, 1.54) is 16.7 Å². The van der Waals surface area contributed by atoms with Crippen LogP contribution < -0.4 is 14.2 Å². The van der Waals surface area contributed by atoms with Crippen molar-refractivity contribution in [2.75, 3.05) is 39.8 Å². The quantitative estimate of drug-likeness (QED) is 0.0920. The molecule has 6 nitrogen and oxygen atoms in total. The summed E-state index contributed by atoms with van der Waals surface area (Å²) in [6, 6.07) is 21.3. The zero-order valence-corrected chi connectivity index (χ0v) is 26.1. The van der Waals surface area contributed by atoms with Crippen LogP contribution in [0.4, 0.5) is 0 Å². The molecule has 0 bridgehead atoms. The van der Waals surface area contributed by atoms with Crippen LogP contribution in [0, 0.1) is 13.8 Å². The van der Waals surface area contributed by atoms with Crippen molar-refractivity contribution in [3.8, 4) is 17.2 Å². The lowest BCUT2D eigenvalue weighted by Crippen LogP contribution is -2.26. The molecule has 2 saturated heterocycles. The van der Waals surface area contributed by atoms with Gasteiger partial charge in [-0.05, 0) is 79.8 Å². The lowest BCUT2D eigenvalue weighted by molar-refractivity contribution is 0.0220. The summed E-state index contributed by atoms with van der Waals surface area (Å²) in [5, 5.41) is 0. The fourth-order valence-corrected chi connectivity index (χ4v) is 4.52. The smallest absolute Gasteiger partial charge is 0.189 e. The van der Waals surface area contributed by atoms with Crippen molar-refractivity contribution in [3.05, 3.63) is 88.5 Å². The van der Waals surface area contributed by atoms with E-state index >= 15 is 0 Å². The predicted octanol–water partition coefficient (Wildman–Crippen LogP) is 7.64. The number of aryl methyl sites for hydroxylation is 2. The average molecular weight is 565 g/mol. The molecule has 0 spiro atoms. The highest BCUT2D eigenvalue weighted by atomic mass is 16.7. The highest BCUT2D eigenvalue weighted by Crippen LogP contribution is 2.42. The highest BCUT2D eigenvalue weighted by Gasteiger charge is 2.33. The molecule has 3 atom stereocenters. The van der Waals surface area contributed by atoms with Crippen molar-refractivity contribution in [2.24, 2.45) is 0 Å². The first-order chi connectivity index (χ1) is 20.0. The molecule has 0 amide bonds. The minimum Gasteiger partial charge on any atom is -0.491 e. The third-order valence-corrected chi connectivity index (χ3v) is 7.10. The van der Waals surface area contributed by atoms with Gasteiger partial charge >= 0.3 is 0 Å². The van der Waals surface area contributed by atoms with Crippen molar-refractivity contribution in [1.29, 1.82) is 0 Å². The fraction of sp³-hybridized carbons (Fsp3) is 0.486. The number of ether oxygens (including phenoxy) is 6. The van der Waals surface area contributed by atoms with Gasteiger partial charge in [-0.25, -0.2) is 0 Å². The Balaban J connectivity index is 0.00000111. The highest BCUT2D eigenvalue weighted by molar-refractivity contribution is 5.54. The normalized spacial score (nSPS) is 18.0. The molecular formula is C35H48O6. The van der Waals surface area contributed by atoms with Crippen LogP contribution in [0.1, 0.15) is 69.4 Å². The molecule has 0 N–H and O–H groups in total. The third-order valence-electron chi connectivity index (χ3n) is 7.10. The Morgan fingerprint density at radius 2 is 1.15 bits per heavy atom. The minimum atomic E-state index is -0.412. The molecule has 2 aliphatic rings. The zero-order chi connectivity index (χ0) is 29.8. The second kappa shape index (κ2) is 15.8. The fourth-order valence-electron chi connectivity index (χ4n) is 4.52. The summed E-state index contributed by atoms with van der Waals surface area (Å²) >= 11 is 0. The Morgan fingerprint density at radius 3 is 1.61 bits per heavy atom. The van der Waals surface area contributed by atoms with Crippen molar-refractivity contribution in [3.63, 3.8) is 0 Å². The number of rotatable bonds is 13. The van der Waals surface area contributed by atoms with E-state index in [-0.39, 0.29) is 19.0 Å². The van der Waals surface area contributed by atoms with Gasteiger partial charge in [-0.3, -0.25) is 0 Å². The molecule has 0 aromatic heterocycles. The van der Waals surface area contributed by atoms with E-state index in [1.807, 2.05) is 52.8 Å². The number of hydrogen-bond acceptors (Lipinski definition) is 6. The van der Waals surface area contributed by atoms with Crippen molar-refractivity contribution in [1.82, 2.24) is 0 Å². The molecule has 41 heavy (non-hydrogen) atoms. The van der Waals surface area contributed by atoms with Gasteiger partial charge in [0.05, 0.1) is 13.2 Å². The predicted molar refractivity (Wildman–Crippen MR) is 165 cm³/mol. The molecule has 224 valence electrons. The van der Waals surface area contributed by atoms with Gasteiger partial charge in [-0.15, -0.1) is 0 Å². The van der Waals surface area contributed by atoms with Crippen molar-refractivity contribution in [2.45, 2.75) is 73.0 Å². The summed E-state index contributed by atoms with van der Waals surface area (Å²) in [4.78, 5) is 0. The Hall–Kier alpha value is -3.06. The van der Waals surface area contributed by atoms with Crippen LogP contribution in [-0.2, 0) is 19.6 Å². The maximum absolute atomic E-state index is 6.01. The van der Waals surface area contributed by atoms with Gasteiger partial charge in [0.15, 0.2) is 6.79 Å². The molecule has 3 unspecified atom stereocenters. The Morgan fingerprint density at radius 1 is 0.683 bits per heavy atom. The van der Waals surface area contributed by atoms with Crippen molar-refractivity contribution >= 4 is 0 Å². The minimum absolute atomic E-state index is 0.225. The molecule has 5 rings (SSSR count). The Kier molecular flexibility index (Phi) is 12.5. The molecule has 2 fully saturated rings. The van der Waals surface area contributed by atoms with Crippen molar-refractivity contribution < 1.29 is 28.4 Å². The lowest BCUT2D eigenvalue weighted by Gasteiger charge is -2.33. The molecule has 2 aliphatic heterocycles. The molecule has 0 radical (unpaired) electrons. The summed E-state index contributed by atoms with van der Waals surface area (Å²) in [5.41, 5.74) is 5.28. The van der Waals surface area contributed by atoms with Gasteiger partial charge in [0.1, 0.15) is 42.7 Å². The van der Waals surface area contributed by atoms with Gasteiger partial charge in [0.25, 0.3) is 0 Å². The standard InChI is InChI=1S/C31H36O6.2C2H6/c1-5-32-20-37-30-13-9-25(15-22(30)3)31(4,23-6-10-26(11-7-23)33-16-27-17-34-27)24-8-12-29(21(2)14-24)36-19-28-18-35-28;2*1-2/h6-15,27-28H,5,16-20H2,1-4H3;2*1-2H3. The molecule has 6 heteroatoms. The maximum atomic E-state index is 6.01. The molecule has 0 saturated carbocycles. The second-order valence-corrected chi connectivity index (χ2v) is 9.90. The van der Waals surface area contributed by atoms with Gasteiger partial charge in [0.2, 0.25) is 0 Å². The maximum Gasteiger partial charge on any atom is 0.189 e. The van der Waals surface area contributed by atoms with E-state index in [9.17, 15) is 0 Å². The van der Waals surface area contributed by atoms with Crippen LogP contribution >= 0.6 is 0 Å². The summed E-state index contributed by atoms with van der Waals surface area (Å²) in [6.07, 6.45) is 0.453. The lowest BCUT2D eigenvalue weighted by atomic mass is 9.70. The molecule has 0 aliphatic carbocycles. The number of benzene rings is 3. The SMILES string of the molecule is CC.CC.CCOCOc1ccc(C(C)(c2ccc(OCC3CO3)cc2)c2ccc(OCC3CO3)c(C)c2)cc1C. The van der Waals surface area contributed by atoms with Crippen LogP contribution in [-0.4, -0.2) is 52.0 Å². The van der Waals surface area contributed by atoms with Gasteiger partial charge in [0, 0.05) is 12.0 Å². The summed E-state index contributed by atoms with van der Waals surface area (Å²) in [7, 11) is 0. The van der Waals surface area contributed by atoms with Crippen LogP contribution in [0.25, 0.3) is 0 Å². The van der Waals surface area contributed by atoms with E-state index < -0.39 is 5.41 Å². The summed E-state index contributed by atoms with van der Waals surface area (Å²) < 4.78 is 33.7. The van der Waals surface area contributed by atoms with Crippen LogP contribution in [0.5, 0.6) is 17.2 Å². The van der Waals surface area contributed by atoms with E-state index in [2.05, 4.69) is 63.2 Å². The molecule has 2 heterocycles. The third kappa shape index (κ3) is 8.71. The van der Waals surface area contributed by atoms with Crippen LogP contribution in [0.3, 0.4) is 0 Å². The Labute approximate surface area is 246 Å². The van der Waals surface area contributed by atoms with Gasteiger partial charge in [-0.2, -0.15) is 0 Å². The first-order valence-electron chi connectivity index (χ1n) is 15.0. The number of hydrogen-bond donors (Lipinski definition) is 0. The largest absolute Gasteiger partial charge is 0.491 e. The van der Waals surface area contributed by atoms with E-state index in [1.54, 1.807) is 0 Å². The average Bonchev–Trinajstić information content (AvgIpc) is 3.94. The van der Waals surface area contributed by atoms with E-state index in [0.29, 0.717) is 19.8 Å². The van der Waals surface area contributed by atoms with Gasteiger partial charge < -0.3 is 28.4 Å². The molecule has 3 aromatic rings. The monoisotopic (exact) mass is 564 g/mol. The van der Waals surface area contributed by atoms with Crippen LogP contribution in [0.2, 0.25) is 0 Å². The Bertz CT molecular complexity index is 1200. The topological polar surface area (TPSA) is 62.0 Å².